The van der Waals surface area contributed by atoms with Crippen molar-refractivity contribution in [1.29, 1.82) is 0 Å². The summed E-state index contributed by atoms with van der Waals surface area (Å²) in [7, 11) is -3.41. The van der Waals surface area contributed by atoms with Crippen LogP contribution in [0.2, 0.25) is 0 Å². The van der Waals surface area contributed by atoms with Gasteiger partial charge in [0.25, 0.3) is 0 Å². The molecular weight excluding hydrogens is 334 g/mol. The summed E-state index contributed by atoms with van der Waals surface area (Å²) in [5, 5.41) is 3.36. The zero-order valence-electron chi connectivity index (χ0n) is 14.8. The second-order valence-corrected chi connectivity index (χ2v) is 8.48. The highest BCUT2D eigenvalue weighted by Crippen LogP contribution is 2.25. The number of anilines is 1. The molecule has 0 aliphatic carbocycles. The molecule has 1 aromatic heterocycles. The lowest BCUT2D eigenvalue weighted by Gasteiger charge is -2.26. The van der Waals surface area contributed by atoms with Crippen LogP contribution in [-0.2, 0) is 16.6 Å². The van der Waals surface area contributed by atoms with Crippen LogP contribution >= 0.6 is 0 Å². The number of nitrogens with zero attached hydrogens (tertiary/aromatic N) is 2. The van der Waals surface area contributed by atoms with Crippen LogP contribution in [0.4, 0.5) is 5.69 Å². The van der Waals surface area contributed by atoms with Crippen LogP contribution in [-0.4, -0.2) is 30.8 Å². The summed E-state index contributed by atoms with van der Waals surface area (Å²) in [6.07, 6.45) is 4.76. The van der Waals surface area contributed by atoms with Crippen LogP contribution in [0.3, 0.4) is 0 Å². The number of pyridine rings is 1. The molecule has 134 valence electrons. The van der Waals surface area contributed by atoms with E-state index >= 15 is 0 Å². The van der Waals surface area contributed by atoms with Gasteiger partial charge in [-0.2, -0.15) is 4.31 Å². The van der Waals surface area contributed by atoms with Gasteiger partial charge in [-0.3, -0.25) is 4.98 Å². The summed E-state index contributed by atoms with van der Waals surface area (Å²) >= 11 is 0. The minimum Gasteiger partial charge on any atom is -0.381 e. The molecule has 1 aliphatic heterocycles. The van der Waals surface area contributed by atoms with Crippen molar-refractivity contribution in [2.75, 3.05) is 18.4 Å². The standard InChI is InChI=1S/C19H25N3O2S/c1-15-8-9-18(25(23,24)22-11-4-3-5-12-22)13-19(15)21-14-17-7-6-10-20-16(17)2/h6-10,13,21H,3-5,11-12,14H2,1-2H3. The fourth-order valence-electron chi connectivity index (χ4n) is 3.10. The molecule has 0 amide bonds. The molecule has 2 aromatic rings. The molecular formula is C19H25N3O2S. The topological polar surface area (TPSA) is 62.3 Å². The molecule has 25 heavy (non-hydrogen) atoms. The Balaban J connectivity index is 1.81. The van der Waals surface area contributed by atoms with Gasteiger partial charge in [0.05, 0.1) is 4.90 Å². The summed E-state index contributed by atoms with van der Waals surface area (Å²) < 4.78 is 27.3. The van der Waals surface area contributed by atoms with E-state index in [1.807, 2.05) is 32.0 Å². The molecule has 6 heteroatoms. The van der Waals surface area contributed by atoms with Crippen LogP contribution in [0.1, 0.15) is 36.1 Å². The average Bonchev–Trinajstić information content (AvgIpc) is 2.63. The average molecular weight is 359 g/mol. The maximum Gasteiger partial charge on any atom is 0.243 e. The molecule has 0 saturated carbocycles. The number of hydrogen-bond acceptors (Lipinski definition) is 4. The number of rotatable bonds is 5. The van der Waals surface area contributed by atoms with Crippen molar-refractivity contribution in [3.8, 4) is 0 Å². The van der Waals surface area contributed by atoms with Crippen LogP contribution < -0.4 is 5.32 Å². The summed E-state index contributed by atoms with van der Waals surface area (Å²) in [5.41, 5.74) is 3.96. The molecule has 0 radical (unpaired) electrons. The van der Waals surface area contributed by atoms with E-state index in [1.54, 1.807) is 22.6 Å². The number of benzene rings is 1. The number of piperidine rings is 1. The zero-order valence-corrected chi connectivity index (χ0v) is 15.6. The van der Waals surface area contributed by atoms with Gasteiger partial charge in [-0.25, -0.2) is 8.42 Å². The van der Waals surface area contributed by atoms with Gasteiger partial charge in [0.2, 0.25) is 10.0 Å². The molecule has 1 fully saturated rings. The molecule has 1 aliphatic rings. The van der Waals surface area contributed by atoms with Gasteiger partial charge in [0.15, 0.2) is 0 Å². The highest BCUT2D eigenvalue weighted by Gasteiger charge is 2.26. The third-order valence-electron chi connectivity index (χ3n) is 4.75. The van der Waals surface area contributed by atoms with Crippen molar-refractivity contribution in [1.82, 2.24) is 9.29 Å². The number of nitrogens with one attached hydrogen (secondary N) is 1. The second kappa shape index (κ2) is 7.54. The van der Waals surface area contributed by atoms with E-state index in [0.29, 0.717) is 24.5 Å². The summed E-state index contributed by atoms with van der Waals surface area (Å²) in [4.78, 5) is 4.66. The largest absolute Gasteiger partial charge is 0.381 e. The van der Waals surface area contributed by atoms with Gasteiger partial charge in [-0.05, 0) is 56.0 Å². The Labute approximate surface area is 150 Å². The van der Waals surface area contributed by atoms with Crippen LogP contribution in [0.5, 0.6) is 0 Å². The van der Waals surface area contributed by atoms with Gasteiger partial charge in [0.1, 0.15) is 0 Å². The summed E-state index contributed by atoms with van der Waals surface area (Å²) in [6.45, 7) is 5.81. The Morgan fingerprint density at radius 2 is 1.88 bits per heavy atom. The lowest BCUT2D eigenvalue weighted by molar-refractivity contribution is 0.346. The molecule has 0 bridgehead atoms. The van der Waals surface area contributed by atoms with E-state index in [0.717, 1.165) is 41.8 Å². The molecule has 1 N–H and O–H groups in total. The van der Waals surface area contributed by atoms with Crippen molar-refractivity contribution in [3.63, 3.8) is 0 Å². The van der Waals surface area contributed by atoms with Crippen LogP contribution in [0.25, 0.3) is 0 Å². The Kier molecular flexibility index (Phi) is 5.39. The van der Waals surface area contributed by atoms with E-state index in [1.165, 1.54) is 0 Å². The SMILES string of the molecule is Cc1ccc(S(=O)(=O)N2CCCCC2)cc1NCc1cccnc1C. The van der Waals surface area contributed by atoms with Crippen LogP contribution in [0, 0.1) is 13.8 Å². The van der Waals surface area contributed by atoms with E-state index < -0.39 is 10.0 Å². The fourth-order valence-corrected chi connectivity index (χ4v) is 4.65. The van der Waals surface area contributed by atoms with Crippen molar-refractivity contribution in [2.45, 2.75) is 44.6 Å². The van der Waals surface area contributed by atoms with Crippen LogP contribution in [0.15, 0.2) is 41.4 Å². The maximum atomic E-state index is 12.9. The molecule has 5 nitrogen and oxygen atoms in total. The molecule has 1 aromatic carbocycles. The maximum absolute atomic E-state index is 12.9. The molecule has 0 spiro atoms. The van der Waals surface area contributed by atoms with Gasteiger partial charge in [0, 0.05) is 37.2 Å². The quantitative estimate of drug-likeness (QED) is 0.888. The lowest BCUT2D eigenvalue weighted by atomic mass is 10.1. The number of aromatic nitrogens is 1. The second-order valence-electron chi connectivity index (χ2n) is 6.54. The highest BCUT2D eigenvalue weighted by atomic mass is 32.2. The van der Waals surface area contributed by atoms with Gasteiger partial charge in [-0.1, -0.05) is 18.6 Å². The Morgan fingerprint density at radius 1 is 1.12 bits per heavy atom. The first kappa shape index (κ1) is 17.9. The van der Waals surface area contributed by atoms with E-state index in [2.05, 4.69) is 10.3 Å². The van der Waals surface area contributed by atoms with Crippen molar-refractivity contribution in [3.05, 3.63) is 53.3 Å². The monoisotopic (exact) mass is 359 g/mol. The normalized spacial score (nSPS) is 15.9. The first-order valence-corrected chi connectivity index (χ1v) is 10.2. The fraction of sp³-hybridized carbons (Fsp3) is 0.421. The molecule has 2 heterocycles. The Morgan fingerprint density at radius 3 is 2.60 bits per heavy atom. The number of aryl methyl sites for hydroxylation is 2. The highest BCUT2D eigenvalue weighted by molar-refractivity contribution is 7.89. The third kappa shape index (κ3) is 4.02. The van der Waals surface area contributed by atoms with E-state index in [9.17, 15) is 8.42 Å². The van der Waals surface area contributed by atoms with Crippen molar-refractivity contribution >= 4 is 15.7 Å². The van der Waals surface area contributed by atoms with Gasteiger partial charge in [-0.15, -0.1) is 0 Å². The minimum atomic E-state index is -3.41. The predicted octanol–water partition coefficient (Wildman–Crippen LogP) is 3.49. The minimum absolute atomic E-state index is 0.366. The number of hydrogen-bond donors (Lipinski definition) is 1. The Bertz CT molecular complexity index is 843. The Hall–Kier alpha value is -1.92. The molecule has 0 unspecified atom stereocenters. The smallest absolute Gasteiger partial charge is 0.243 e. The third-order valence-corrected chi connectivity index (χ3v) is 6.64. The first-order valence-electron chi connectivity index (χ1n) is 8.73. The van der Waals surface area contributed by atoms with Gasteiger partial charge >= 0.3 is 0 Å². The molecule has 1 saturated heterocycles. The summed E-state index contributed by atoms with van der Waals surface area (Å²) in [5.74, 6) is 0. The first-order chi connectivity index (χ1) is 12.0. The molecule has 3 rings (SSSR count). The van der Waals surface area contributed by atoms with E-state index in [4.69, 9.17) is 0 Å². The van der Waals surface area contributed by atoms with Crippen molar-refractivity contribution in [2.24, 2.45) is 0 Å². The van der Waals surface area contributed by atoms with E-state index in [-0.39, 0.29) is 0 Å². The molecule has 0 atom stereocenters. The van der Waals surface area contributed by atoms with Gasteiger partial charge < -0.3 is 5.32 Å². The zero-order chi connectivity index (χ0) is 17.9. The number of sulfonamides is 1. The summed E-state index contributed by atoms with van der Waals surface area (Å²) in [6, 6.07) is 9.27. The van der Waals surface area contributed by atoms with Crippen molar-refractivity contribution < 1.29 is 8.42 Å². The predicted molar refractivity (Wildman–Crippen MR) is 100 cm³/mol. The lowest BCUT2D eigenvalue weighted by Crippen LogP contribution is -2.35.